The summed E-state index contributed by atoms with van der Waals surface area (Å²) in [6, 6.07) is 15.2. The number of hydrogen-bond donors (Lipinski definition) is 0. The summed E-state index contributed by atoms with van der Waals surface area (Å²) in [6.07, 6.45) is 4.02. The van der Waals surface area contributed by atoms with E-state index in [0.717, 1.165) is 49.5 Å². The number of benzene rings is 1. The van der Waals surface area contributed by atoms with Crippen LogP contribution in [0.4, 0.5) is 5.82 Å². The first-order chi connectivity index (χ1) is 12.7. The highest BCUT2D eigenvalue weighted by atomic mass is 15.3. The summed E-state index contributed by atoms with van der Waals surface area (Å²) >= 11 is 0. The molecular formula is C21H25N5. The van der Waals surface area contributed by atoms with Gasteiger partial charge in [0.05, 0.1) is 5.52 Å². The van der Waals surface area contributed by atoms with Crippen LogP contribution in [-0.4, -0.2) is 46.3 Å². The van der Waals surface area contributed by atoms with Gasteiger partial charge in [-0.25, -0.2) is 0 Å². The Morgan fingerprint density at radius 2 is 1.92 bits per heavy atom. The summed E-state index contributed by atoms with van der Waals surface area (Å²) in [4.78, 5) is 9.59. The number of piperidine rings is 1. The molecule has 0 atom stereocenters. The highest BCUT2D eigenvalue weighted by molar-refractivity contribution is 5.79. The predicted molar refractivity (Wildman–Crippen MR) is 105 cm³/mol. The number of anilines is 1. The van der Waals surface area contributed by atoms with E-state index in [1.54, 1.807) is 6.20 Å². The van der Waals surface area contributed by atoms with Gasteiger partial charge < -0.3 is 4.90 Å². The zero-order valence-electron chi connectivity index (χ0n) is 15.5. The monoisotopic (exact) mass is 347 g/mol. The fraction of sp³-hybridized carbons (Fsp3) is 0.381. The third-order valence-corrected chi connectivity index (χ3v) is 5.41. The van der Waals surface area contributed by atoms with Gasteiger partial charge in [0.15, 0.2) is 5.82 Å². The minimum atomic E-state index is 0.591. The minimum absolute atomic E-state index is 0.591. The third kappa shape index (κ3) is 3.53. The van der Waals surface area contributed by atoms with Gasteiger partial charge in [-0.2, -0.15) is 5.10 Å². The molecule has 0 amide bonds. The van der Waals surface area contributed by atoms with E-state index in [9.17, 15) is 0 Å². The highest BCUT2D eigenvalue weighted by Crippen LogP contribution is 2.23. The van der Waals surface area contributed by atoms with Crippen LogP contribution in [-0.2, 0) is 6.54 Å². The molecule has 26 heavy (non-hydrogen) atoms. The predicted octanol–water partition coefficient (Wildman–Crippen LogP) is 3.43. The molecule has 1 fully saturated rings. The summed E-state index contributed by atoms with van der Waals surface area (Å²) in [5.41, 5.74) is 3.53. The molecule has 5 nitrogen and oxygen atoms in total. The van der Waals surface area contributed by atoms with Crippen molar-refractivity contribution < 1.29 is 0 Å². The van der Waals surface area contributed by atoms with Crippen LogP contribution in [0.2, 0.25) is 0 Å². The van der Waals surface area contributed by atoms with Gasteiger partial charge in [-0.15, -0.1) is 5.10 Å². The Balaban J connectivity index is 1.41. The Morgan fingerprint density at radius 3 is 2.69 bits per heavy atom. The summed E-state index contributed by atoms with van der Waals surface area (Å²) in [7, 11) is 2.23. The maximum absolute atomic E-state index is 4.78. The Kier molecular flexibility index (Phi) is 4.80. The summed E-state index contributed by atoms with van der Waals surface area (Å²) in [5, 5.41) is 9.45. The normalized spacial score (nSPS) is 15.7. The molecular weight excluding hydrogens is 322 g/mol. The Labute approximate surface area is 154 Å². The molecule has 1 aliphatic rings. The van der Waals surface area contributed by atoms with Crippen LogP contribution in [0.25, 0.3) is 10.9 Å². The molecule has 0 bridgehead atoms. The largest absolute Gasteiger partial charge is 0.355 e. The molecule has 3 heterocycles. The molecule has 0 saturated carbocycles. The van der Waals surface area contributed by atoms with Crippen LogP contribution in [0, 0.1) is 6.92 Å². The van der Waals surface area contributed by atoms with Crippen molar-refractivity contribution in [3.05, 3.63) is 59.9 Å². The fourth-order valence-corrected chi connectivity index (χ4v) is 3.81. The van der Waals surface area contributed by atoms with E-state index < -0.39 is 0 Å². The number of aromatic nitrogens is 3. The van der Waals surface area contributed by atoms with Crippen LogP contribution in [0.1, 0.15) is 24.1 Å². The van der Waals surface area contributed by atoms with Crippen molar-refractivity contribution in [2.75, 3.05) is 25.0 Å². The van der Waals surface area contributed by atoms with E-state index in [4.69, 9.17) is 4.98 Å². The highest BCUT2D eigenvalue weighted by Gasteiger charge is 2.23. The number of para-hydroxylation sites is 1. The maximum atomic E-state index is 4.78. The number of aryl methyl sites for hydroxylation is 1. The van der Waals surface area contributed by atoms with Crippen molar-refractivity contribution in [2.24, 2.45) is 0 Å². The molecule has 2 aromatic heterocycles. The van der Waals surface area contributed by atoms with Gasteiger partial charge in [-0.3, -0.25) is 9.88 Å². The average molecular weight is 347 g/mol. The number of pyridine rings is 1. The average Bonchev–Trinajstić information content (AvgIpc) is 2.69. The summed E-state index contributed by atoms with van der Waals surface area (Å²) in [5.74, 6) is 0.989. The van der Waals surface area contributed by atoms with E-state index in [1.165, 1.54) is 10.9 Å². The molecule has 5 heteroatoms. The third-order valence-electron chi connectivity index (χ3n) is 5.41. The van der Waals surface area contributed by atoms with E-state index in [0.29, 0.717) is 6.04 Å². The molecule has 1 aliphatic heterocycles. The SMILES string of the molecule is Cc1nc2ccccc2cc1CN(C)C1CCN(c2cccnn2)CC1. The standard InChI is InChI=1S/C21H25N5/c1-16-18(14-17-6-3-4-7-20(17)23-16)15-25(2)19-9-12-26(13-10-19)21-8-5-11-22-24-21/h3-8,11,14,19H,9-10,12-13,15H2,1-2H3. The fourth-order valence-electron chi connectivity index (χ4n) is 3.81. The van der Waals surface area contributed by atoms with Gasteiger partial charge in [0.2, 0.25) is 0 Å². The zero-order chi connectivity index (χ0) is 17.9. The minimum Gasteiger partial charge on any atom is -0.355 e. The van der Waals surface area contributed by atoms with Crippen molar-refractivity contribution in [1.29, 1.82) is 0 Å². The first-order valence-corrected chi connectivity index (χ1v) is 9.29. The van der Waals surface area contributed by atoms with Gasteiger partial charge in [-0.05, 0) is 56.6 Å². The second kappa shape index (κ2) is 7.38. The van der Waals surface area contributed by atoms with Crippen LogP contribution < -0.4 is 4.90 Å². The lowest BCUT2D eigenvalue weighted by atomic mass is 10.0. The number of rotatable bonds is 4. The smallest absolute Gasteiger partial charge is 0.151 e. The topological polar surface area (TPSA) is 45.2 Å². The van der Waals surface area contributed by atoms with E-state index in [1.807, 2.05) is 18.2 Å². The van der Waals surface area contributed by atoms with Crippen molar-refractivity contribution in [3.8, 4) is 0 Å². The molecule has 1 aromatic carbocycles. The Morgan fingerprint density at radius 1 is 1.12 bits per heavy atom. The van der Waals surface area contributed by atoms with Gasteiger partial charge in [0.1, 0.15) is 0 Å². The molecule has 0 aliphatic carbocycles. The lowest BCUT2D eigenvalue weighted by Gasteiger charge is -2.37. The molecule has 0 spiro atoms. The molecule has 0 unspecified atom stereocenters. The van der Waals surface area contributed by atoms with E-state index in [2.05, 4.69) is 58.2 Å². The molecule has 0 radical (unpaired) electrons. The van der Waals surface area contributed by atoms with Gasteiger partial charge in [0, 0.05) is 43.0 Å². The molecule has 1 saturated heterocycles. The molecule has 3 aromatic rings. The molecule has 4 rings (SSSR count). The quantitative estimate of drug-likeness (QED) is 0.723. The Hall–Kier alpha value is -2.53. The summed E-state index contributed by atoms with van der Waals surface area (Å²) < 4.78 is 0. The lowest BCUT2D eigenvalue weighted by Crippen LogP contribution is -2.43. The zero-order valence-corrected chi connectivity index (χ0v) is 15.5. The van der Waals surface area contributed by atoms with Crippen LogP contribution in [0.15, 0.2) is 48.7 Å². The summed E-state index contributed by atoms with van der Waals surface area (Å²) in [6.45, 7) is 5.12. The first-order valence-electron chi connectivity index (χ1n) is 9.29. The molecule has 0 N–H and O–H groups in total. The first kappa shape index (κ1) is 16.9. The van der Waals surface area contributed by atoms with Crippen LogP contribution in [0.3, 0.4) is 0 Å². The maximum Gasteiger partial charge on any atom is 0.151 e. The van der Waals surface area contributed by atoms with Gasteiger partial charge >= 0.3 is 0 Å². The van der Waals surface area contributed by atoms with E-state index in [-0.39, 0.29) is 0 Å². The van der Waals surface area contributed by atoms with Gasteiger partial charge in [0.25, 0.3) is 0 Å². The van der Waals surface area contributed by atoms with Crippen molar-refractivity contribution in [1.82, 2.24) is 20.1 Å². The van der Waals surface area contributed by atoms with Crippen LogP contribution in [0.5, 0.6) is 0 Å². The second-order valence-electron chi connectivity index (χ2n) is 7.14. The van der Waals surface area contributed by atoms with Gasteiger partial charge in [-0.1, -0.05) is 18.2 Å². The number of fused-ring (bicyclic) bond motifs is 1. The van der Waals surface area contributed by atoms with E-state index >= 15 is 0 Å². The number of nitrogens with zero attached hydrogens (tertiary/aromatic N) is 5. The van der Waals surface area contributed by atoms with Crippen LogP contribution >= 0.6 is 0 Å². The lowest BCUT2D eigenvalue weighted by molar-refractivity contribution is 0.199. The molecule has 134 valence electrons. The second-order valence-corrected chi connectivity index (χ2v) is 7.14. The Bertz CT molecular complexity index is 872. The number of hydrogen-bond acceptors (Lipinski definition) is 5. The van der Waals surface area contributed by atoms with Crippen molar-refractivity contribution in [2.45, 2.75) is 32.4 Å². The van der Waals surface area contributed by atoms with Crippen molar-refractivity contribution >= 4 is 16.7 Å². The van der Waals surface area contributed by atoms with Crippen molar-refractivity contribution in [3.63, 3.8) is 0 Å².